The molecule has 3 rings (SSSR count). The van der Waals surface area contributed by atoms with Crippen LogP contribution in [0.5, 0.6) is 0 Å². The summed E-state index contributed by atoms with van der Waals surface area (Å²) in [5.41, 5.74) is 4.84. The van der Waals surface area contributed by atoms with Crippen molar-refractivity contribution in [3.8, 4) is 0 Å². The van der Waals surface area contributed by atoms with Crippen molar-refractivity contribution >= 4 is 22.6 Å². The van der Waals surface area contributed by atoms with E-state index < -0.39 is 0 Å². The maximum atomic E-state index is 12.2. The molecule has 0 spiro atoms. The van der Waals surface area contributed by atoms with E-state index in [-0.39, 0.29) is 11.9 Å². The van der Waals surface area contributed by atoms with Gasteiger partial charge < -0.3 is 10.1 Å². The third kappa shape index (κ3) is 2.87. The minimum atomic E-state index is -0.351. The van der Waals surface area contributed by atoms with Crippen molar-refractivity contribution in [1.82, 2.24) is 20.2 Å². The van der Waals surface area contributed by atoms with E-state index in [0.29, 0.717) is 11.3 Å². The van der Waals surface area contributed by atoms with Crippen LogP contribution in [0.25, 0.3) is 11.0 Å². The van der Waals surface area contributed by atoms with Crippen molar-refractivity contribution in [3.05, 3.63) is 17.5 Å². The SMILES string of the molecule is CCn1ncc2c(NC3CCOCC3)c(C(=O)NN)c(C)nc21. The van der Waals surface area contributed by atoms with E-state index in [1.54, 1.807) is 6.20 Å². The second-order valence-electron chi connectivity index (χ2n) is 5.65. The number of anilines is 1. The number of pyridine rings is 1. The Labute approximate surface area is 134 Å². The number of carbonyl (C=O) groups excluding carboxylic acids is 1. The molecule has 0 aromatic carbocycles. The van der Waals surface area contributed by atoms with Crippen LogP contribution in [0.4, 0.5) is 5.69 Å². The molecule has 2 aromatic heterocycles. The fourth-order valence-electron chi connectivity index (χ4n) is 2.98. The molecule has 4 N–H and O–H groups in total. The number of hydrogen-bond acceptors (Lipinski definition) is 6. The molecule has 0 radical (unpaired) electrons. The van der Waals surface area contributed by atoms with Crippen LogP contribution in [0.2, 0.25) is 0 Å². The third-order valence-electron chi connectivity index (χ3n) is 4.19. The van der Waals surface area contributed by atoms with Crippen LogP contribution >= 0.6 is 0 Å². The van der Waals surface area contributed by atoms with Gasteiger partial charge in [-0.05, 0) is 26.7 Å². The molecule has 3 heterocycles. The fourth-order valence-corrected chi connectivity index (χ4v) is 2.98. The zero-order valence-electron chi connectivity index (χ0n) is 13.4. The number of hydrogen-bond donors (Lipinski definition) is 3. The van der Waals surface area contributed by atoms with Crippen molar-refractivity contribution in [2.24, 2.45) is 5.84 Å². The van der Waals surface area contributed by atoms with E-state index >= 15 is 0 Å². The Morgan fingerprint density at radius 3 is 2.87 bits per heavy atom. The smallest absolute Gasteiger partial charge is 0.269 e. The van der Waals surface area contributed by atoms with E-state index in [9.17, 15) is 4.79 Å². The zero-order chi connectivity index (χ0) is 16.4. The quantitative estimate of drug-likeness (QED) is 0.440. The number of nitrogen functional groups attached to an aromatic ring is 1. The molecule has 1 saturated heterocycles. The molecule has 1 fully saturated rings. The van der Waals surface area contributed by atoms with Crippen molar-refractivity contribution in [2.45, 2.75) is 39.3 Å². The van der Waals surface area contributed by atoms with Gasteiger partial charge in [0.15, 0.2) is 5.65 Å². The molecule has 124 valence electrons. The van der Waals surface area contributed by atoms with E-state index in [2.05, 4.69) is 20.8 Å². The number of nitrogens with two attached hydrogens (primary N) is 1. The number of aryl methyl sites for hydroxylation is 2. The lowest BCUT2D eigenvalue weighted by Crippen LogP contribution is -2.33. The number of ether oxygens (including phenoxy) is 1. The van der Waals surface area contributed by atoms with Crippen LogP contribution in [-0.4, -0.2) is 39.9 Å². The van der Waals surface area contributed by atoms with Crippen molar-refractivity contribution in [2.75, 3.05) is 18.5 Å². The standard InChI is InChI=1S/C15H22N6O2/c1-3-21-14-11(8-17-21)13(19-10-4-6-23-7-5-10)12(9(2)18-14)15(22)20-16/h8,10H,3-7,16H2,1-2H3,(H,18,19)(H,20,22). The molecule has 0 saturated carbocycles. The first-order valence-electron chi connectivity index (χ1n) is 7.87. The first-order valence-corrected chi connectivity index (χ1v) is 7.87. The van der Waals surface area contributed by atoms with Crippen molar-refractivity contribution < 1.29 is 9.53 Å². The largest absolute Gasteiger partial charge is 0.381 e. The topological polar surface area (TPSA) is 107 Å². The number of nitrogens with one attached hydrogen (secondary N) is 2. The Morgan fingerprint density at radius 1 is 1.48 bits per heavy atom. The second-order valence-corrected chi connectivity index (χ2v) is 5.65. The molecule has 0 unspecified atom stereocenters. The van der Waals surface area contributed by atoms with Crippen LogP contribution in [-0.2, 0) is 11.3 Å². The van der Waals surface area contributed by atoms with Crippen LogP contribution in [0.3, 0.4) is 0 Å². The van der Waals surface area contributed by atoms with Gasteiger partial charge in [-0.2, -0.15) is 5.10 Å². The van der Waals surface area contributed by atoms with Gasteiger partial charge in [0, 0.05) is 25.8 Å². The maximum absolute atomic E-state index is 12.2. The first-order chi connectivity index (χ1) is 11.2. The molecule has 0 bridgehead atoms. The lowest BCUT2D eigenvalue weighted by Gasteiger charge is -2.26. The van der Waals surface area contributed by atoms with Gasteiger partial charge >= 0.3 is 0 Å². The number of amides is 1. The summed E-state index contributed by atoms with van der Waals surface area (Å²) >= 11 is 0. The first kappa shape index (κ1) is 15.7. The van der Waals surface area contributed by atoms with E-state index in [4.69, 9.17) is 10.6 Å². The van der Waals surface area contributed by atoms with Gasteiger partial charge in [0.1, 0.15) is 0 Å². The van der Waals surface area contributed by atoms with E-state index in [1.165, 1.54) is 0 Å². The summed E-state index contributed by atoms with van der Waals surface area (Å²) in [6.45, 7) is 5.98. The molecule has 1 aliphatic rings. The zero-order valence-corrected chi connectivity index (χ0v) is 13.4. The predicted octanol–water partition coefficient (Wildman–Crippen LogP) is 0.954. The van der Waals surface area contributed by atoms with Gasteiger partial charge in [-0.3, -0.25) is 10.2 Å². The molecule has 2 aromatic rings. The van der Waals surface area contributed by atoms with Crippen LogP contribution in [0.1, 0.15) is 35.8 Å². The number of fused-ring (bicyclic) bond motifs is 1. The monoisotopic (exact) mass is 318 g/mol. The minimum absolute atomic E-state index is 0.253. The van der Waals surface area contributed by atoms with Crippen molar-refractivity contribution in [1.29, 1.82) is 0 Å². The van der Waals surface area contributed by atoms with Gasteiger partial charge in [-0.25, -0.2) is 15.5 Å². The van der Waals surface area contributed by atoms with Crippen LogP contribution in [0.15, 0.2) is 6.20 Å². The van der Waals surface area contributed by atoms with Crippen LogP contribution < -0.4 is 16.6 Å². The number of rotatable bonds is 4. The summed E-state index contributed by atoms with van der Waals surface area (Å²) in [7, 11) is 0. The second kappa shape index (κ2) is 6.51. The summed E-state index contributed by atoms with van der Waals surface area (Å²) in [5, 5.41) is 8.69. The molecule has 23 heavy (non-hydrogen) atoms. The lowest BCUT2D eigenvalue weighted by molar-refractivity contribution is 0.0904. The molecule has 0 aliphatic carbocycles. The Bertz CT molecular complexity index is 720. The third-order valence-corrected chi connectivity index (χ3v) is 4.19. The molecule has 1 amide bonds. The van der Waals surface area contributed by atoms with Gasteiger partial charge in [-0.1, -0.05) is 0 Å². The van der Waals surface area contributed by atoms with Gasteiger partial charge in [0.25, 0.3) is 5.91 Å². The maximum Gasteiger partial charge on any atom is 0.269 e. The summed E-state index contributed by atoms with van der Waals surface area (Å²) in [4.78, 5) is 16.8. The number of aromatic nitrogens is 3. The summed E-state index contributed by atoms with van der Waals surface area (Å²) in [6.07, 6.45) is 3.54. The minimum Gasteiger partial charge on any atom is -0.381 e. The molecule has 8 heteroatoms. The van der Waals surface area contributed by atoms with Gasteiger partial charge in [0.2, 0.25) is 0 Å². The normalized spacial score (nSPS) is 15.8. The Balaban J connectivity index is 2.13. The average molecular weight is 318 g/mol. The number of hydrazine groups is 1. The molecular formula is C15H22N6O2. The van der Waals surface area contributed by atoms with Crippen LogP contribution in [0, 0.1) is 6.92 Å². The molecule has 1 aliphatic heterocycles. The Morgan fingerprint density at radius 2 is 2.22 bits per heavy atom. The number of carbonyl (C=O) groups is 1. The predicted molar refractivity (Wildman–Crippen MR) is 87.1 cm³/mol. The highest BCUT2D eigenvalue weighted by molar-refractivity contribution is 6.07. The average Bonchev–Trinajstić information content (AvgIpc) is 2.98. The molecular weight excluding hydrogens is 296 g/mol. The highest BCUT2D eigenvalue weighted by Crippen LogP contribution is 2.30. The highest BCUT2D eigenvalue weighted by Gasteiger charge is 2.23. The van der Waals surface area contributed by atoms with Gasteiger partial charge in [0.05, 0.1) is 28.5 Å². The highest BCUT2D eigenvalue weighted by atomic mass is 16.5. The van der Waals surface area contributed by atoms with E-state index in [0.717, 1.165) is 49.3 Å². The van der Waals surface area contributed by atoms with E-state index in [1.807, 2.05) is 18.5 Å². The summed E-state index contributed by atoms with van der Waals surface area (Å²) in [5.74, 6) is 5.00. The fraction of sp³-hybridized carbons (Fsp3) is 0.533. The lowest BCUT2D eigenvalue weighted by atomic mass is 10.0. The van der Waals surface area contributed by atoms with Crippen molar-refractivity contribution in [3.63, 3.8) is 0 Å². The Hall–Kier alpha value is -2.19. The molecule has 0 atom stereocenters. The number of nitrogens with zero attached hydrogens (tertiary/aromatic N) is 3. The molecule has 8 nitrogen and oxygen atoms in total. The summed E-state index contributed by atoms with van der Waals surface area (Å²) in [6, 6.07) is 0.253. The summed E-state index contributed by atoms with van der Waals surface area (Å²) < 4.78 is 7.22. The van der Waals surface area contributed by atoms with Gasteiger partial charge in [-0.15, -0.1) is 0 Å². The Kier molecular flexibility index (Phi) is 4.44.